The van der Waals surface area contributed by atoms with Crippen molar-refractivity contribution in [2.75, 3.05) is 12.4 Å². The van der Waals surface area contributed by atoms with Gasteiger partial charge in [0.15, 0.2) is 11.5 Å². The quantitative estimate of drug-likeness (QED) is 0.777. The molecular formula is C7H7IN4. The molecule has 0 unspecified atom stereocenters. The van der Waals surface area contributed by atoms with E-state index in [1.807, 2.05) is 13.1 Å². The van der Waals surface area contributed by atoms with Gasteiger partial charge in [0.2, 0.25) is 0 Å². The van der Waals surface area contributed by atoms with Gasteiger partial charge in [-0.3, -0.25) is 5.10 Å². The standard InChI is InChI=1S/C7H7IN4/c1-9-6-5-2-4(8)3-10-7(5)12-11-6/h2-3H,1H3,(H2,9,10,11,12). The summed E-state index contributed by atoms with van der Waals surface area (Å²) in [5.74, 6) is 0.844. The molecule has 0 saturated carbocycles. The minimum Gasteiger partial charge on any atom is -0.371 e. The molecule has 0 spiro atoms. The van der Waals surface area contributed by atoms with E-state index in [1.165, 1.54) is 0 Å². The Hall–Kier alpha value is -0.850. The number of halogens is 1. The minimum absolute atomic E-state index is 0.819. The molecule has 2 N–H and O–H groups in total. The first kappa shape index (κ1) is 7.78. The number of anilines is 1. The first-order valence-electron chi connectivity index (χ1n) is 3.48. The summed E-state index contributed by atoms with van der Waals surface area (Å²) in [6.07, 6.45) is 1.81. The summed E-state index contributed by atoms with van der Waals surface area (Å²) >= 11 is 2.23. The van der Waals surface area contributed by atoms with Gasteiger partial charge in [-0.25, -0.2) is 4.98 Å². The van der Waals surface area contributed by atoms with E-state index in [9.17, 15) is 0 Å². The molecule has 62 valence electrons. The van der Waals surface area contributed by atoms with Gasteiger partial charge in [0.1, 0.15) is 0 Å². The van der Waals surface area contributed by atoms with Crippen molar-refractivity contribution >= 4 is 39.4 Å². The fraction of sp³-hybridized carbons (Fsp3) is 0.143. The smallest absolute Gasteiger partial charge is 0.157 e. The number of hydrogen-bond donors (Lipinski definition) is 2. The lowest BCUT2D eigenvalue weighted by atomic mass is 10.3. The summed E-state index contributed by atoms with van der Waals surface area (Å²) in [7, 11) is 1.84. The molecule has 0 bridgehead atoms. The Bertz CT molecular complexity index is 409. The van der Waals surface area contributed by atoms with Gasteiger partial charge in [0, 0.05) is 16.8 Å². The molecule has 0 fully saturated rings. The van der Waals surface area contributed by atoms with Gasteiger partial charge < -0.3 is 5.32 Å². The number of aromatic amines is 1. The van der Waals surface area contributed by atoms with Crippen LogP contribution in [0.4, 0.5) is 5.82 Å². The number of H-pyrrole nitrogens is 1. The molecule has 0 amide bonds. The molecule has 0 atom stereocenters. The molecule has 2 aromatic rings. The predicted octanol–water partition coefficient (Wildman–Crippen LogP) is 1.60. The molecule has 2 heterocycles. The third-order valence-corrected chi connectivity index (χ3v) is 2.21. The number of hydrogen-bond acceptors (Lipinski definition) is 3. The van der Waals surface area contributed by atoms with Crippen LogP contribution in [0.15, 0.2) is 12.3 Å². The lowest BCUT2D eigenvalue weighted by Gasteiger charge is -1.93. The molecule has 12 heavy (non-hydrogen) atoms. The summed E-state index contributed by atoms with van der Waals surface area (Å²) in [5, 5.41) is 10.9. The van der Waals surface area contributed by atoms with E-state index < -0.39 is 0 Å². The van der Waals surface area contributed by atoms with E-state index in [0.29, 0.717) is 0 Å². The van der Waals surface area contributed by atoms with Gasteiger partial charge in [0.25, 0.3) is 0 Å². The number of fused-ring (bicyclic) bond motifs is 1. The predicted molar refractivity (Wildman–Crippen MR) is 56.2 cm³/mol. The third-order valence-electron chi connectivity index (χ3n) is 1.62. The highest BCUT2D eigenvalue weighted by molar-refractivity contribution is 14.1. The van der Waals surface area contributed by atoms with Crippen LogP contribution in [0.3, 0.4) is 0 Å². The zero-order chi connectivity index (χ0) is 8.55. The second-order valence-corrected chi connectivity index (χ2v) is 3.62. The highest BCUT2D eigenvalue weighted by atomic mass is 127. The van der Waals surface area contributed by atoms with Crippen molar-refractivity contribution < 1.29 is 0 Å². The van der Waals surface area contributed by atoms with Gasteiger partial charge in [-0.1, -0.05) is 0 Å². The number of pyridine rings is 1. The van der Waals surface area contributed by atoms with Crippen LogP contribution in [0, 0.1) is 3.57 Å². The maximum Gasteiger partial charge on any atom is 0.157 e. The van der Waals surface area contributed by atoms with Crippen molar-refractivity contribution in [2.24, 2.45) is 0 Å². The fourth-order valence-corrected chi connectivity index (χ4v) is 1.52. The minimum atomic E-state index is 0.819. The molecule has 0 aliphatic heterocycles. The average Bonchev–Trinajstić information content (AvgIpc) is 2.46. The van der Waals surface area contributed by atoms with E-state index in [1.54, 1.807) is 6.20 Å². The number of rotatable bonds is 1. The second kappa shape index (κ2) is 2.89. The van der Waals surface area contributed by atoms with Gasteiger partial charge in [-0.2, -0.15) is 5.10 Å². The summed E-state index contributed by atoms with van der Waals surface area (Å²) in [6, 6.07) is 2.04. The van der Waals surface area contributed by atoms with Crippen molar-refractivity contribution in [3.63, 3.8) is 0 Å². The van der Waals surface area contributed by atoms with Gasteiger partial charge in [0.05, 0.1) is 5.39 Å². The molecule has 2 rings (SSSR count). The SMILES string of the molecule is CNc1n[nH]c2ncc(I)cc12. The topological polar surface area (TPSA) is 53.6 Å². The summed E-state index contributed by atoms with van der Waals surface area (Å²) in [4.78, 5) is 4.18. The van der Waals surface area contributed by atoms with E-state index in [4.69, 9.17) is 0 Å². The van der Waals surface area contributed by atoms with Crippen LogP contribution in [0.2, 0.25) is 0 Å². The lowest BCUT2D eigenvalue weighted by Crippen LogP contribution is -1.87. The third kappa shape index (κ3) is 1.13. The Labute approximate surface area is 82.9 Å². The second-order valence-electron chi connectivity index (χ2n) is 2.37. The Morgan fingerprint density at radius 1 is 1.58 bits per heavy atom. The van der Waals surface area contributed by atoms with Crippen LogP contribution in [-0.2, 0) is 0 Å². The Morgan fingerprint density at radius 3 is 3.17 bits per heavy atom. The lowest BCUT2D eigenvalue weighted by molar-refractivity contribution is 1.09. The van der Waals surface area contributed by atoms with Crippen LogP contribution in [-0.4, -0.2) is 22.2 Å². The Morgan fingerprint density at radius 2 is 2.42 bits per heavy atom. The van der Waals surface area contributed by atoms with Crippen LogP contribution in [0.1, 0.15) is 0 Å². The first-order chi connectivity index (χ1) is 5.81. The highest BCUT2D eigenvalue weighted by Gasteiger charge is 2.03. The van der Waals surface area contributed by atoms with Gasteiger partial charge >= 0.3 is 0 Å². The molecule has 2 aromatic heterocycles. The average molecular weight is 274 g/mol. The monoisotopic (exact) mass is 274 g/mol. The van der Waals surface area contributed by atoms with Crippen molar-refractivity contribution in [2.45, 2.75) is 0 Å². The number of nitrogens with one attached hydrogen (secondary N) is 2. The van der Waals surface area contributed by atoms with Crippen molar-refractivity contribution in [1.29, 1.82) is 0 Å². The molecule has 0 aromatic carbocycles. The van der Waals surface area contributed by atoms with Crippen LogP contribution < -0.4 is 5.32 Å². The maximum atomic E-state index is 4.18. The summed E-state index contributed by atoms with van der Waals surface area (Å²) in [5.41, 5.74) is 0.819. The van der Waals surface area contributed by atoms with Gasteiger partial charge in [-0.15, -0.1) is 0 Å². The van der Waals surface area contributed by atoms with Crippen molar-refractivity contribution in [1.82, 2.24) is 15.2 Å². The molecular weight excluding hydrogens is 267 g/mol. The molecule has 0 aliphatic carbocycles. The largest absolute Gasteiger partial charge is 0.371 e. The molecule has 0 aliphatic rings. The van der Waals surface area contributed by atoms with E-state index >= 15 is 0 Å². The molecule has 0 radical (unpaired) electrons. The Kier molecular flexibility index (Phi) is 1.87. The van der Waals surface area contributed by atoms with E-state index in [0.717, 1.165) is 20.4 Å². The Balaban J connectivity index is 2.75. The van der Waals surface area contributed by atoms with Crippen molar-refractivity contribution in [3.8, 4) is 0 Å². The summed E-state index contributed by atoms with van der Waals surface area (Å²) in [6.45, 7) is 0. The van der Waals surface area contributed by atoms with Gasteiger partial charge in [-0.05, 0) is 28.7 Å². The zero-order valence-electron chi connectivity index (χ0n) is 6.43. The highest BCUT2D eigenvalue weighted by Crippen LogP contribution is 2.19. The molecule has 0 saturated heterocycles. The number of nitrogens with zero attached hydrogens (tertiary/aromatic N) is 2. The maximum absolute atomic E-state index is 4.18. The summed E-state index contributed by atoms with van der Waals surface area (Å²) < 4.78 is 1.11. The van der Waals surface area contributed by atoms with E-state index in [2.05, 4.69) is 43.1 Å². The normalized spacial score (nSPS) is 10.5. The molecule has 4 nitrogen and oxygen atoms in total. The molecule has 5 heteroatoms. The van der Waals surface area contributed by atoms with E-state index in [-0.39, 0.29) is 0 Å². The first-order valence-corrected chi connectivity index (χ1v) is 4.56. The number of aromatic nitrogens is 3. The van der Waals surface area contributed by atoms with Crippen LogP contribution >= 0.6 is 22.6 Å². The van der Waals surface area contributed by atoms with Crippen LogP contribution in [0.25, 0.3) is 11.0 Å². The fourth-order valence-electron chi connectivity index (χ4n) is 1.07. The van der Waals surface area contributed by atoms with Crippen LogP contribution in [0.5, 0.6) is 0 Å². The van der Waals surface area contributed by atoms with Crippen molar-refractivity contribution in [3.05, 3.63) is 15.8 Å². The zero-order valence-corrected chi connectivity index (χ0v) is 8.58.